The number of carboxylic acids is 1. The van der Waals surface area contributed by atoms with Crippen molar-refractivity contribution in [1.82, 2.24) is 18.8 Å². The summed E-state index contributed by atoms with van der Waals surface area (Å²) in [6.45, 7) is 4.96. The van der Waals surface area contributed by atoms with Crippen LogP contribution in [0.5, 0.6) is 5.75 Å². The zero-order valence-electron chi connectivity index (χ0n) is 16.2. The Bertz CT molecular complexity index is 964. The van der Waals surface area contributed by atoms with E-state index in [0.29, 0.717) is 25.4 Å². The summed E-state index contributed by atoms with van der Waals surface area (Å²) < 4.78 is 65.3. The number of fused-ring (bicyclic) bond motifs is 1. The Balaban J connectivity index is 0.000000396. The predicted molar refractivity (Wildman–Crippen MR) is 99.1 cm³/mol. The van der Waals surface area contributed by atoms with E-state index < -0.39 is 22.2 Å². The Morgan fingerprint density at radius 2 is 2.00 bits per heavy atom. The molecule has 0 spiro atoms. The van der Waals surface area contributed by atoms with Gasteiger partial charge >= 0.3 is 12.1 Å². The second-order valence-corrected chi connectivity index (χ2v) is 8.44. The number of hydrogen-bond acceptors (Lipinski definition) is 6. The van der Waals surface area contributed by atoms with Crippen LogP contribution in [0.4, 0.5) is 13.2 Å². The second kappa shape index (κ2) is 9.43. The standard InChI is InChI=1S/C15H20N4O3S.C2HF3O2/c1-3-23(20,21)19-8-7-18-13(9-17-15(18)12(19)2)11-22-14-5-4-6-16-10-14;3-2(4,5)1(6)7/h4-6,9-10,12H,3,7-8,11H2,1-2H3;(H,6,7). The number of alkyl halides is 3. The SMILES string of the molecule is CCS(=O)(=O)N1CCn2c(COc3cccnc3)cnc2C1C.O=C(O)C(F)(F)F. The minimum Gasteiger partial charge on any atom is -0.486 e. The van der Waals surface area contributed by atoms with Crippen molar-refractivity contribution in [2.24, 2.45) is 0 Å². The highest BCUT2D eigenvalue weighted by Crippen LogP contribution is 2.28. The van der Waals surface area contributed by atoms with Crippen molar-refractivity contribution >= 4 is 16.0 Å². The number of carboxylic acid groups (broad SMARTS) is 1. The van der Waals surface area contributed by atoms with Crippen molar-refractivity contribution < 1.29 is 36.2 Å². The van der Waals surface area contributed by atoms with Crippen molar-refractivity contribution in [1.29, 1.82) is 0 Å². The molecule has 0 aromatic carbocycles. The van der Waals surface area contributed by atoms with Gasteiger partial charge in [0.25, 0.3) is 0 Å². The molecule has 166 valence electrons. The molecule has 2 aromatic heterocycles. The smallest absolute Gasteiger partial charge is 0.486 e. The quantitative estimate of drug-likeness (QED) is 0.743. The first kappa shape index (κ1) is 23.6. The van der Waals surface area contributed by atoms with Gasteiger partial charge in [-0.05, 0) is 26.0 Å². The van der Waals surface area contributed by atoms with Gasteiger partial charge in [-0.3, -0.25) is 4.98 Å². The average Bonchev–Trinajstić information content (AvgIpc) is 3.11. The van der Waals surface area contributed by atoms with E-state index >= 15 is 0 Å². The number of ether oxygens (including phenoxy) is 1. The maximum Gasteiger partial charge on any atom is 0.490 e. The molecular weight excluding hydrogens is 429 g/mol. The van der Waals surface area contributed by atoms with Gasteiger partial charge in [0.15, 0.2) is 0 Å². The van der Waals surface area contributed by atoms with E-state index in [4.69, 9.17) is 14.6 Å². The third-order valence-electron chi connectivity index (χ3n) is 4.30. The molecule has 2 aromatic rings. The largest absolute Gasteiger partial charge is 0.490 e. The molecule has 0 radical (unpaired) electrons. The number of hydrogen-bond donors (Lipinski definition) is 1. The number of pyridine rings is 1. The number of rotatable bonds is 5. The van der Waals surface area contributed by atoms with Gasteiger partial charge in [-0.2, -0.15) is 17.5 Å². The van der Waals surface area contributed by atoms with Crippen LogP contribution in [0.3, 0.4) is 0 Å². The van der Waals surface area contributed by atoms with Crippen molar-refractivity contribution in [2.45, 2.75) is 39.2 Å². The van der Waals surface area contributed by atoms with Gasteiger partial charge < -0.3 is 14.4 Å². The van der Waals surface area contributed by atoms with E-state index in [1.165, 1.54) is 4.31 Å². The maximum atomic E-state index is 12.1. The molecule has 0 fully saturated rings. The van der Waals surface area contributed by atoms with Gasteiger partial charge in [-0.25, -0.2) is 18.2 Å². The summed E-state index contributed by atoms with van der Waals surface area (Å²) in [7, 11) is -3.22. The van der Waals surface area contributed by atoms with Gasteiger partial charge in [0, 0.05) is 19.3 Å². The monoisotopic (exact) mass is 450 g/mol. The van der Waals surface area contributed by atoms with Crippen molar-refractivity contribution in [2.75, 3.05) is 12.3 Å². The van der Waals surface area contributed by atoms with Crippen LogP contribution in [0.15, 0.2) is 30.7 Å². The van der Waals surface area contributed by atoms with E-state index in [0.717, 1.165) is 11.5 Å². The van der Waals surface area contributed by atoms with Crippen molar-refractivity contribution in [3.8, 4) is 5.75 Å². The Morgan fingerprint density at radius 1 is 1.33 bits per heavy atom. The summed E-state index contributed by atoms with van der Waals surface area (Å²) in [5, 5.41) is 7.12. The second-order valence-electron chi connectivity index (χ2n) is 6.23. The molecule has 3 rings (SSSR count). The van der Waals surface area contributed by atoms with Gasteiger partial charge in [-0.1, -0.05) is 0 Å². The lowest BCUT2D eigenvalue weighted by atomic mass is 10.2. The zero-order valence-corrected chi connectivity index (χ0v) is 17.0. The van der Waals surface area contributed by atoms with E-state index in [2.05, 4.69) is 9.97 Å². The highest BCUT2D eigenvalue weighted by atomic mass is 32.2. The molecule has 0 bridgehead atoms. The third kappa shape index (κ3) is 5.69. The summed E-state index contributed by atoms with van der Waals surface area (Å²) in [5.41, 5.74) is 0.934. The summed E-state index contributed by atoms with van der Waals surface area (Å²) in [6.07, 6.45) is 0.0217. The fraction of sp³-hybridized carbons (Fsp3) is 0.471. The van der Waals surface area contributed by atoms with E-state index in [9.17, 15) is 21.6 Å². The van der Waals surface area contributed by atoms with Crippen LogP contribution in [0.1, 0.15) is 31.4 Å². The van der Waals surface area contributed by atoms with Gasteiger partial charge in [0.2, 0.25) is 10.0 Å². The average molecular weight is 450 g/mol. The van der Waals surface area contributed by atoms with Crippen LogP contribution in [-0.2, 0) is 28.0 Å². The van der Waals surface area contributed by atoms with Crippen LogP contribution in [0, 0.1) is 0 Å². The highest BCUT2D eigenvalue weighted by Gasteiger charge is 2.38. The molecule has 9 nitrogen and oxygen atoms in total. The van der Waals surface area contributed by atoms with Crippen LogP contribution in [0.25, 0.3) is 0 Å². The van der Waals surface area contributed by atoms with Gasteiger partial charge in [-0.15, -0.1) is 0 Å². The van der Waals surface area contributed by atoms with E-state index in [1.54, 1.807) is 25.5 Å². The molecular formula is C17H21F3N4O5S. The lowest BCUT2D eigenvalue weighted by molar-refractivity contribution is -0.192. The van der Waals surface area contributed by atoms with E-state index in [1.807, 2.05) is 23.6 Å². The first-order chi connectivity index (χ1) is 14.0. The number of nitrogens with zero attached hydrogens (tertiary/aromatic N) is 4. The van der Waals surface area contributed by atoms with Crippen molar-refractivity contribution in [3.63, 3.8) is 0 Å². The molecule has 3 heterocycles. The fourth-order valence-electron chi connectivity index (χ4n) is 2.79. The molecule has 1 unspecified atom stereocenters. The summed E-state index contributed by atoms with van der Waals surface area (Å²) in [5.74, 6) is -1.19. The Kier molecular flexibility index (Phi) is 7.42. The summed E-state index contributed by atoms with van der Waals surface area (Å²) in [4.78, 5) is 17.3. The van der Waals surface area contributed by atoms with E-state index in [-0.39, 0.29) is 11.8 Å². The Hall–Kier alpha value is -2.67. The first-order valence-corrected chi connectivity index (χ1v) is 10.4. The Morgan fingerprint density at radius 3 is 2.53 bits per heavy atom. The highest BCUT2D eigenvalue weighted by molar-refractivity contribution is 7.89. The van der Waals surface area contributed by atoms with Crippen molar-refractivity contribution in [3.05, 3.63) is 42.2 Å². The molecule has 30 heavy (non-hydrogen) atoms. The number of halogens is 3. The molecule has 1 aliphatic rings. The molecule has 1 atom stereocenters. The maximum absolute atomic E-state index is 12.1. The minimum absolute atomic E-state index is 0.106. The zero-order chi connectivity index (χ0) is 22.5. The molecule has 0 aliphatic carbocycles. The normalized spacial score (nSPS) is 16.9. The lowest BCUT2D eigenvalue weighted by Crippen LogP contribution is -2.42. The minimum atomic E-state index is -5.08. The van der Waals surface area contributed by atoms with Crippen LogP contribution >= 0.6 is 0 Å². The van der Waals surface area contributed by atoms with Gasteiger partial charge in [0.05, 0.1) is 29.9 Å². The van der Waals surface area contributed by atoms with Crippen LogP contribution < -0.4 is 4.74 Å². The molecule has 1 N–H and O–H groups in total. The Labute approximate surface area is 171 Å². The number of aliphatic carboxylic acids is 1. The molecule has 0 saturated heterocycles. The molecule has 1 aliphatic heterocycles. The van der Waals surface area contributed by atoms with Crippen LogP contribution in [-0.4, -0.2) is 56.8 Å². The third-order valence-corrected chi connectivity index (χ3v) is 6.25. The summed E-state index contributed by atoms with van der Waals surface area (Å²) in [6, 6.07) is 3.40. The molecule has 13 heteroatoms. The predicted octanol–water partition coefficient (Wildman–Crippen LogP) is 2.22. The van der Waals surface area contributed by atoms with Crippen LogP contribution in [0.2, 0.25) is 0 Å². The topological polar surface area (TPSA) is 115 Å². The molecule has 0 saturated carbocycles. The number of carbonyl (C=O) groups is 1. The lowest BCUT2D eigenvalue weighted by Gasteiger charge is -2.33. The number of aromatic nitrogens is 3. The van der Waals surface area contributed by atoms with Gasteiger partial charge in [0.1, 0.15) is 18.2 Å². The number of sulfonamides is 1. The molecule has 0 amide bonds. The fourth-order valence-corrected chi connectivity index (χ4v) is 4.06. The summed E-state index contributed by atoms with van der Waals surface area (Å²) >= 11 is 0. The first-order valence-electron chi connectivity index (χ1n) is 8.84. The number of imidazole rings is 1.